The number of rotatable bonds is 5. The van der Waals surface area contributed by atoms with E-state index in [2.05, 4.69) is 47.4 Å². The van der Waals surface area contributed by atoms with E-state index in [0.29, 0.717) is 39.4 Å². The molecule has 0 bridgehead atoms. The van der Waals surface area contributed by atoms with Crippen molar-refractivity contribution in [3.8, 4) is 22.6 Å². The molecule has 6 rings (SSSR count). The fourth-order valence-electron chi connectivity index (χ4n) is 4.87. The van der Waals surface area contributed by atoms with Crippen LogP contribution >= 0.6 is 0 Å². The van der Waals surface area contributed by atoms with Crippen LogP contribution in [0.2, 0.25) is 0 Å². The van der Waals surface area contributed by atoms with Gasteiger partial charge in [-0.3, -0.25) is 24.7 Å². The van der Waals surface area contributed by atoms with Crippen LogP contribution in [0, 0.1) is 5.92 Å². The zero-order chi connectivity index (χ0) is 27.1. The van der Waals surface area contributed by atoms with Crippen molar-refractivity contribution in [3.05, 3.63) is 48.7 Å². The van der Waals surface area contributed by atoms with Gasteiger partial charge in [-0.2, -0.15) is 5.10 Å². The van der Waals surface area contributed by atoms with Crippen LogP contribution in [0.5, 0.6) is 0 Å². The number of imidazole rings is 1. The second-order valence-corrected chi connectivity index (χ2v) is 10.1. The summed E-state index contributed by atoms with van der Waals surface area (Å²) in [5.74, 6) is 0.341. The van der Waals surface area contributed by atoms with Gasteiger partial charge >= 0.3 is 0 Å². The van der Waals surface area contributed by atoms with Crippen LogP contribution in [0.4, 0.5) is 5.69 Å². The Morgan fingerprint density at radius 3 is 2.59 bits per heavy atom. The Kier molecular flexibility index (Phi) is 6.23. The second kappa shape index (κ2) is 9.87. The number of anilines is 1. The van der Waals surface area contributed by atoms with Crippen LogP contribution in [0.1, 0.15) is 23.2 Å². The Morgan fingerprint density at radius 1 is 1.03 bits per heavy atom. The Hall–Kier alpha value is -4.71. The van der Waals surface area contributed by atoms with Crippen molar-refractivity contribution in [1.82, 2.24) is 44.9 Å². The van der Waals surface area contributed by atoms with Crippen LogP contribution in [0.25, 0.3) is 44.7 Å². The van der Waals surface area contributed by atoms with Gasteiger partial charge in [-0.05, 0) is 45.1 Å². The third kappa shape index (κ3) is 4.70. The molecular formula is C27H28N10O2. The van der Waals surface area contributed by atoms with E-state index in [0.717, 1.165) is 42.4 Å². The molecule has 0 saturated carbocycles. The topological polar surface area (TPSA) is 149 Å². The zero-order valence-corrected chi connectivity index (χ0v) is 21.9. The Balaban J connectivity index is 1.31. The molecule has 1 aliphatic rings. The minimum absolute atomic E-state index is 0.00362. The van der Waals surface area contributed by atoms with Gasteiger partial charge in [-0.15, -0.1) is 0 Å². The number of carbonyl (C=O) groups is 2. The number of aromatic amines is 2. The first-order valence-corrected chi connectivity index (χ1v) is 12.7. The molecule has 3 N–H and O–H groups in total. The quantitative estimate of drug-likeness (QED) is 0.318. The molecule has 0 aromatic carbocycles. The molecule has 5 aromatic heterocycles. The van der Waals surface area contributed by atoms with Gasteiger partial charge < -0.3 is 20.1 Å². The lowest BCUT2D eigenvalue weighted by atomic mass is 9.96. The normalized spacial score (nSPS) is 14.6. The van der Waals surface area contributed by atoms with Gasteiger partial charge in [-0.25, -0.2) is 9.97 Å². The second-order valence-electron chi connectivity index (χ2n) is 10.1. The summed E-state index contributed by atoms with van der Waals surface area (Å²) < 4.78 is 0. The van der Waals surface area contributed by atoms with Gasteiger partial charge in [0, 0.05) is 49.7 Å². The molecule has 0 spiro atoms. The highest BCUT2D eigenvalue weighted by Crippen LogP contribution is 2.30. The summed E-state index contributed by atoms with van der Waals surface area (Å²) in [5.41, 5.74) is 5.00. The van der Waals surface area contributed by atoms with Gasteiger partial charge in [0.15, 0.2) is 11.5 Å². The number of hydrogen-bond donors (Lipinski definition) is 3. The fourth-order valence-corrected chi connectivity index (χ4v) is 4.87. The predicted octanol–water partition coefficient (Wildman–Crippen LogP) is 2.94. The summed E-state index contributed by atoms with van der Waals surface area (Å²) in [6.07, 6.45) is 9.97. The van der Waals surface area contributed by atoms with Crippen molar-refractivity contribution in [2.45, 2.75) is 12.8 Å². The third-order valence-electron chi connectivity index (χ3n) is 7.10. The molecule has 0 unspecified atom stereocenters. The summed E-state index contributed by atoms with van der Waals surface area (Å²) in [4.78, 5) is 50.2. The lowest BCUT2D eigenvalue weighted by Gasteiger charge is -2.28. The number of pyridine rings is 3. The van der Waals surface area contributed by atoms with Gasteiger partial charge in [-0.1, -0.05) is 0 Å². The molecule has 6 heterocycles. The van der Waals surface area contributed by atoms with Crippen LogP contribution in [-0.4, -0.2) is 91.0 Å². The molecule has 0 radical (unpaired) electrons. The largest absolute Gasteiger partial charge is 0.345 e. The van der Waals surface area contributed by atoms with Crippen LogP contribution in [-0.2, 0) is 4.79 Å². The van der Waals surface area contributed by atoms with E-state index in [-0.39, 0.29) is 17.7 Å². The lowest BCUT2D eigenvalue weighted by Crippen LogP contribution is -2.35. The molecular weight excluding hydrogens is 496 g/mol. The van der Waals surface area contributed by atoms with Crippen LogP contribution in [0.3, 0.4) is 0 Å². The first kappa shape index (κ1) is 24.6. The maximum Gasteiger partial charge on any atom is 0.257 e. The summed E-state index contributed by atoms with van der Waals surface area (Å²) in [6.45, 7) is 1.84. The average molecular weight is 525 g/mol. The summed E-state index contributed by atoms with van der Waals surface area (Å²) >= 11 is 0. The minimum Gasteiger partial charge on any atom is -0.345 e. The lowest BCUT2D eigenvalue weighted by molar-refractivity contribution is -0.121. The minimum atomic E-state index is -0.183. The number of H-pyrrole nitrogens is 2. The van der Waals surface area contributed by atoms with E-state index in [1.165, 1.54) is 11.1 Å². The molecule has 1 aliphatic heterocycles. The van der Waals surface area contributed by atoms with Gasteiger partial charge in [0.05, 0.1) is 34.5 Å². The van der Waals surface area contributed by atoms with Crippen molar-refractivity contribution in [3.63, 3.8) is 0 Å². The third-order valence-corrected chi connectivity index (χ3v) is 7.10. The number of piperidine rings is 1. The number of carbonyl (C=O) groups excluding carboxylic acids is 2. The zero-order valence-electron chi connectivity index (χ0n) is 21.9. The molecule has 39 heavy (non-hydrogen) atoms. The van der Waals surface area contributed by atoms with E-state index >= 15 is 0 Å². The van der Waals surface area contributed by atoms with E-state index in [9.17, 15) is 9.59 Å². The number of amides is 2. The van der Waals surface area contributed by atoms with Gasteiger partial charge in [0.1, 0.15) is 11.2 Å². The molecule has 5 aromatic rings. The highest BCUT2D eigenvalue weighted by molar-refractivity contribution is 6.05. The van der Waals surface area contributed by atoms with Crippen LogP contribution < -0.4 is 5.32 Å². The highest BCUT2D eigenvalue weighted by atomic mass is 16.2. The van der Waals surface area contributed by atoms with Crippen molar-refractivity contribution in [2.24, 2.45) is 5.92 Å². The fraction of sp³-hybridized carbons (Fsp3) is 0.296. The van der Waals surface area contributed by atoms with Gasteiger partial charge in [0.2, 0.25) is 5.91 Å². The average Bonchev–Trinajstić information content (AvgIpc) is 3.56. The maximum atomic E-state index is 12.8. The number of fused-ring (bicyclic) bond motifs is 2. The van der Waals surface area contributed by atoms with Gasteiger partial charge in [0.25, 0.3) is 5.91 Å². The number of nitrogens with zero attached hydrogens (tertiary/aromatic N) is 7. The Bertz CT molecular complexity index is 1700. The molecule has 0 atom stereocenters. The smallest absolute Gasteiger partial charge is 0.257 e. The Labute approximate surface area is 223 Å². The van der Waals surface area contributed by atoms with E-state index < -0.39 is 0 Å². The predicted molar refractivity (Wildman–Crippen MR) is 147 cm³/mol. The first-order chi connectivity index (χ1) is 18.9. The number of aromatic nitrogens is 7. The van der Waals surface area contributed by atoms with Crippen molar-refractivity contribution in [2.75, 3.05) is 39.5 Å². The van der Waals surface area contributed by atoms with Crippen molar-refractivity contribution in [1.29, 1.82) is 0 Å². The van der Waals surface area contributed by atoms with E-state index in [4.69, 9.17) is 4.98 Å². The van der Waals surface area contributed by atoms with E-state index in [1.807, 2.05) is 12.1 Å². The van der Waals surface area contributed by atoms with Crippen molar-refractivity contribution >= 4 is 39.6 Å². The molecule has 198 valence electrons. The first-order valence-electron chi connectivity index (χ1n) is 12.7. The number of nitrogens with one attached hydrogen (secondary N) is 3. The summed E-state index contributed by atoms with van der Waals surface area (Å²) in [7, 11) is 5.45. The Morgan fingerprint density at radius 2 is 1.79 bits per heavy atom. The highest BCUT2D eigenvalue weighted by Gasteiger charge is 2.24. The number of likely N-dealkylation sites (tertiary alicyclic amines) is 1. The van der Waals surface area contributed by atoms with Crippen LogP contribution in [0.15, 0.2) is 43.1 Å². The maximum absolute atomic E-state index is 12.8. The summed E-state index contributed by atoms with van der Waals surface area (Å²) in [6, 6.07) is 3.85. The van der Waals surface area contributed by atoms with Crippen molar-refractivity contribution < 1.29 is 9.59 Å². The monoisotopic (exact) mass is 524 g/mol. The molecule has 2 amide bonds. The molecule has 12 heteroatoms. The summed E-state index contributed by atoms with van der Waals surface area (Å²) in [5, 5.41) is 11.2. The van der Waals surface area contributed by atoms with E-state index in [1.54, 1.807) is 38.9 Å². The molecule has 0 aliphatic carbocycles. The number of hydrogen-bond acceptors (Lipinski definition) is 8. The molecule has 12 nitrogen and oxygen atoms in total. The standard InChI is InChI=1S/C27H28N10O2/c1-36(2)27(39)20-13-29-14-21-22(20)33-25(32-21)23-19-9-17(11-30-24(19)35-34-23)16-8-18(12-28-10-16)31-26(38)15-4-6-37(3)7-5-15/h8-15H,4-7H2,1-3H3,(H,31,38)(H,32,33)(H,30,34,35). The SMILES string of the molecule is CN1CCC(C(=O)Nc2cncc(-c3cnc4[nH]nc(-c5nc6c(C(=O)N(C)C)cncc6[nH]5)c4c3)c2)CC1. The molecule has 1 fully saturated rings. The molecule has 1 saturated heterocycles.